The van der Waals surface area contributed by atoms with E-state index in [0.717, 1.165) is 19.0 Å². The Morgan fingerprint density at radius 2 is 1.46 bits per heavy atom. The van der Waals surface area contributed by atoms with Gasteiger partial charge in [-0.3, -0.25) is 4.99 Å². The number of nitrogens with zero attached hydrogens (tertiary/aromatic N) is 1. The van der Waals surface area contributed by atoms with Gasteiger partial charge in [0, 0.05) is 20.1 Å². The topological polar surface area (TPSA) is 36.4 Å². The summed E-state index contributed by atoms with van der Waals surface area (Å²) in [4.78, 5) is 4.29. The molecule has 0 heterocycles. The largest absolute Gasteiger partial charge is 0.352 e. The van der Waals surface area contributed by atoms with Crippen LogP contribution in [-0.2, 0) is 13.1 Å². The molecule has 0 aliphatic rings. The summed E-state index contributed by atoms with van der Waals surface area (Å²) < 4.78 is 0. The van der Waals surface area contributed by atoms with Crippen molar-refractivity contribution in [3.8, 4) is 0 Å². The van der Waals surface area contributed by atoms with E-state index in [1.165, 1.54) is 21.9 Å². The van der Waals surface area contributed by atoms with Crippen LogP contribution in [0.15, 0.2) is 77.8 Å². The molecule has 0 unspecified atom stereocenters. The predicted octanol–water partition coefficient (Wildman–Crippen LogP) is 4.32. The molecular weight excluding hydrogens is 409 g/mol. The molecule has 0 aromatic heterocycles. The molecule has 0 saturated heterocycles. The Bertz CT molecular complexity index is 795. The Balaban J connectivity index is 0.00000208. The lowest BCUT2D eigenvalue weighted by molar-refractivity contribution is 0.812. The van der Waals surface area contributed by atoms with Gasteiger partial charge in [0.05, 0.1) is 0 Å². The second-order valence-corrected chi connectivity index (χ2v) is 5.40. The van der Waals surface area contributed by atoms with E-state index >= 15 is 0 Å². The van der Waals surface area contributed by atoms with Crippen LogP contribution in [0.5, 0.6) is 0 Å². The van der Waals surface area contributed by atoms with Crippen molar-refractivity contribution in [1.82, 2.24) is 10.6 Å². The van der Waals surface area contributed by atoms with Crippen molar-refractivity contribution in [2.24, 2.45) is 4.99 Å². The lowest BCUT2D eigenvalue weighted by Gasteiger charge is -2.13. The second-order valence-electron chi connectivity index (χ2n) is 5.40. The quantitative estimate of drug-likeness (QED) is 0.367. The summed E-state index contributed by atoms with van der Waals surface area (Å²) in [6, 6.07) is 25.2. The highest BCUT2D eigenvalue weighted by atomic mass is 127. The first-order chi connectivity index (χ1) is 11.4. The minimum atomic E-state index is 0. The number of benzene rings is 3. The molecule has 0 radical (unpaired) electrons. The van der Waals surface area contributed by atoms with Crippen LogP contribution >= 0.6 is 24.0 Å². The van der Waals surface area contributed by atoms with E-state index in [9.17, 15) is 0 Å². The van der Waals surface area contributed by atoms with Gasteiger partial charge in [-0.1, -0.05) is 72.8 Å². The van der Waals surface area contributed by atoms with Gasteiger partial charge in [0.15, 0.2) is 5.96 Å². The highest BCUT2D eigenvalue weighted by Gasteiger charge is 2.02. The average Bonchev–Trinajstić information content (AvgIpc) is 2.63. The number of rotatable bonds is 4. The zero-order chi connectivity index (χ0) is 15.9. The van der Waals surface area contributed by atoms with E-state index in [1.807, 2.05) is 18.2 Å². The molecule has 3 aromatic carbocycles. The molecule has 3 nitrogen and oxygen atoms in total. The summed E-state index contributed by atoms with van der Waals surface area (Å²) in [6.07, 6.45) is 0. The summed E-state index contributed by atoms with van der Waals surface area (Å²) in [6.45, 7) is 1.51. The molecule has 4 heteroatoms. The maximum atomic E-state index is 4.29. The van der Waals surface area contributed by atoms with E-state index < -0.39 is 0 Å². The lowest BCUT2D eigenvalue weighted by atomic mass is 10.0. The van der Waals surface area contributed by atoms with Crippen molar-refractivity contribution in [2.45, 2.75) is 13.1 Å². The zero-order valence-electron chi connectivity index (χ0n) is 13.7. The predicted molar refractivity (Wildman–Crippen MR) is 113 cm³/mol. The van der Waals surface area contributed by atoms with Crippen molar-refractivity contribution in [1.29, 1.82) is 0 Å². The highest BCUT2D eigenvalue weighted by Crippen LogP contribution is 2.18. The molecule has 3 aromatic rings. The minimum absolute atomic E-state index is 0. The molecule has 0 bridgehead atoms. The molecule has 24 heavy (non-hydrogen) atoms. The van der Waals surface area contributed by atoms with E-state index in [0.29, 0.717) is 0 Å². The van der Waals surface area contributed by atoms with Crippen molar-refractivity contribution in [3.05, 3.63) is 83.9 Å². The van der Waals surface area contributed by atoms with Gasteiger partial charge in [-0.05, 0) is 21.9 Å². The molecule has 0 atom stereocenters. The molecule has 0 amide bonds. The third kappa shape index (κ3) is 4.71. The van der Waals surface area contributed by atoms with Gasteiger partial charge in [0.2, 0.25) is 0 Å². The SMILES string of the molecule is CN=C(NCc1ccccc1)NCc1cccc2ccccc12.I. The third-order valence-electron chi connectivity index (χ3n) is 3.85. The number of hydrogen-bond acceptors (Lipinski definition) is 1. The maximum Gasteiger partial charge on any atom is 0.191 e. The molecule has 0 fully saturated rings. The van der Waals surface area contributed by atoms with Gasteiger partial charge in [-0.2, -0.15) is 0 Å². The highest BCUT2D eigenvalue weighted by molar-refractivity contribution is 14.0. The normalized spacial score (nSPS) is 11.0. The number of nitrogens with one attached hydrogen (secondary N) is 2. The fourth-order valence-electron chi connectivity index (χ4n) is 2.63. The summed E-state index contributed by atoms with van der Waals surface area (Å²) >= 11 is 0. The van der Waals surface area contributed by atoms with E-state index in [-0.39, 0.29) is 24.0 Å². The monoisotopic (exact) mass is 431 g/mol. The number of guanidine groups is 1. The fraction of sp³-hybridized carbons (Fsp3) is 0.150. The second kappa shape index (κ2) is 9.27. The van der Waals surface area contributed by atoms with E-state index in [2.05, 4.69) is 70.2 Å². The summed E-state index contributed by atoms with van der Waals surface area (Å²) in [5.74, 6) is 0.807. The van der Waals surface area contributed by atoms with Crippen LogP contribution in [0, 0.1) is 0 Å². The molecule has 0 saturated carbocycles. The van der Waals surface area contributed by atoms with Crippen LogP contribution in [0.25, 0.3) is 10.8 Å². The smallest absolute Gasteiger partial charge is 0.191 e. The standard InChI is InChI=1S/C20H21N3.HI/c1-21-20(22-14-16-8-3-2-4-9-16)23-15-18-12-7-11-17-10-5-6-13-19(17)18;/h2-13H,14-15H2,1H3,(H2,21,22,23);1H. The molecule has 124 valence electrons. The Labute approximate surface area is 160 Å². The fourth-order valence-corrected chi connectivity index (χ4v) is 2.63. The first-order valence-corrected chi connectivity index (χ1v) is 7.82. The Kier molecular flexibility index (Phi) is 7.06. The molecule has 0 aliphatic heterocycles. The van der Waals surface area contributed by atoms with Gasteiger partial charge in [0.1, 0.15) is 0 Å². The molecule has 2 N–H and O–H groups in total. The molecule has 0 spiro atoms. The van der Waals surface area contributed by atoms with Crippen LogP contribution in [0.4, 0.5) is 0 Å². The van der Waals surface area contributed by atoms with Gasteiger partial charge in [0.25, 0.3) is 0 Å². The van der Waals surface area contributed by atoms with Crippen molar-refractivity contribution in [3.63, 3.8) is 0 Å². The first-order valence-electron chi connectivity index (χ1n) is 7.82. The molecular formula is C20H22IN3. The van der Waals surface area contributed by atoms with Crippen LogP contribution in [0.3, 0.4) is 0 Å². The van der Waals surface area contributed by atoms with Crippen molar-refractivity contribution >= 4 is 40.7 Å². The van der Waals surface area contributed by atoms with Crippen LogP contribution in [-0.4, -0.2) is 13.0 Å². The first kappa shape index (κ1) is 18.3. The van der Waals surface area contributed by atoms with E-state index in [4.69, 9.17) is 0 Å². The minimum Gasteiger partial charge on any atom is -0.352 e. The maximum absolute atomic E-state index is 4.29. The van der Waals surface area contributed by atoms with Crippen LogP contribution < -0.4 is 10.6 Å². The third-order valence-corrected chi connectivity index (χ3v) is 3.85. The van der Waals surface area contributed by atoms with Gasteiger partial charge >= 0.3 is 0 Å². The van der Waals surface area contributed by atoms with Crippen LogP contribution in [0.1, 0.15) is 11.1 Å². The van der Waals surface area contributed by atoms with Crippen LogP contribution in [0.2, 0.25) is 0 Å². The number of aliphatic imine (C=N–C) groups is 1. The summed E-state index contributed by atoms with van der Waals surface area (Å²) in [5.41, 5.74) is 2.51. The number of hydrogen-bond donors (Lipinski definition) is 2. The Hall–Kier alpha value is -2.08. The zero-order valence-corrected chi connectivity index (χ0v) is 16.0. The van der Waals surface area contributed by atoms with Crippen molar-refractivity contribution in [2.75, 3.05) is 7.05 Å². The Morgan fingerprint density at radius 3 is 2.25 bits per heavy atom. The van der Waals surface area contributed by atoms with Gasteiger partial charge < -0.3 is 10.6 Å². The number of halogens is 1. The summed E-state index contributed by atoms with van der Waals surface area (Å²) in [7, 11) is 1.80. The molecule has 0 aliphatic carbocycles. The Morgan fingerprint density at radius 1 is 0.792 bits per heavy atom. The molecule has 3 rings (SSSR count). The lowest BCUT2D eigenvalue weighted by Crippen LogP contribution is -2.36. The van der Waals surface area contributed by atoms with Gasteiger partial charge in [-0.25, -0.2) is 0 Å². The number of fused-ring (bicyclic) bond motifs is 1. The van der Waals surface area contributed by atoms with E-state index in [1.54, 1.807) is 7.05 Å². The van der Waals surface area contributed by atoms with Gasteiger partial charge in [-0.15, -0.1) is 24.0 Å². The van der Waals surface area contributed by atoms with Crippen molar-refractivity contribution < 1.29 is 0 Å². The average molecular weight is 431 g/mol. The summed E-state index contributed by atoms with van der Waals surface area (Å²) in [5, 5.41) is 9.27.